The van der Waals surface area contributed by atoms with Crippen LogP contribution in [0.1, 0.15) is 18.9 Å². The molecule has 0 aliphatic rings. The Morgan fingerprint density at radius 1 is 1.28 bits per heavy atom. The Hall–Kier alpha value is -1.19. The Kier molecular flexibility index (Phi) is 4.50. The number of benzene rings is 1. The van der Waals surface area contributed by atoms with Gasteiger partial charge >= 0.3 is 0 Å². The molecule has 96 valence electrons. The minimum absolute atomic E-state index is 0.344. The van der Waals surface area contributed by atoms with Crippen LogP contribution in [0.5, 0.6) is 5.75 Å². The summed E-state index contributed by atoms with van der Waals surface area (Å²) in [6.45, 7) is 3.33. The molecule has 1 aromatic carbocycles. The Labute approximate surface area is 116 Å². The maximum atomic E-state index is 6.07. The minimum Gasteiger partial charge on any atom is -0.486 e. The summed E-state index contributed by atoms with van der Waals surface area (Å²) >= 11 is 12.1. The summed E-state index contributed by atoms with van der Waals surface area (Å²) in [5, 5.41) is 5.42. The zero-order valence-electron chi connectivity index (χ0n) is 10.1. The molecule has 3 nitrogen and oxygen atoms in total. The number of aryl methyl sites for hydroxylation is 1. The molecule has 0 radical (unpaired) electrons. The first-order valence-corrected chi connectivity index (χ1v) is 6.54. The highest BCUT2D eigenvalue weighted by Crippen LogP contribution is 2.25. The predicted molar refractivity (Wildman–Crippen MR) is 73.3 cm³/mol. The number of hydrogen-bond donors (Lipinski definition) is 0. The first-order valence-electron chi connectivity index (χ1n) is 5.79. The lowest BCUT2D eigenvalue weighted by atomic mass is 10.2. The number of hydrogen-bond acceptors (Lipinski definition) is 2. The summed E-state index contributed by atoms with van der Waals surface area (Å²) in [6.07, 6.45) is 4.60. The number of ether oxygens (including phenoxy) is 1. The Morgan fingerprint density at radius 3 is 2.67 bits per heavy atom. The van der Waals surface area contributed by atoms with Gasteiger partial charge in [-0.1, -0.05) is 36.2 Å². The average molecular weight is 285 g/mol. The third-order valence-electron chi connectivity index (χ3n) is 2.51. The topological polar surface area (TPSA) is 27.1 Å². The molecule has 0 saturated heterocycles. The van der Waals surface area contributed by atoms with E-state index in [2.05, 4.69) is 12.0 Å². The minimum atomic E-state index is 0.344. The lowest BCUT2D eigenvalue weighted by molar-refractivity contribution is 0.306. The largest absolute Gasteiger partial charge is 0.486 e. The van der Waals surface area contributed by atoms with Gasteiger partial charge in [-0.15, -0.1) is 0 Å². The molecule has 2 rings (SSSR count). The van der Waals surface area contributed by atoms with Crippen LogP contribution in [-0.4, -0.2) is 9.78 Å². The molecule has 0 aliphatic heterocycles. The fourth-order valence-electron chi connectivity index (χ4n) is 1.60. The van der Waals surface area contributed by atoms with Crippen LogP contribution in [0.3, 0.4) is 0 Å². The molecule has 1 aromatic heterocycles. The summed E-state index contributed by atoms with van der Waals surface area (Å²) in [5.41, 5.74) is 0.795. The van der Waals surface area contributed by atoms with Gasteiger partial charge in [-0.3, -0.25) is 4.68 Å². The first-order chi connectivity index (χ1) is 8.70. The van der Waals surface area contributed by atoms with Gasteiger partial charge in [0, 0.05) is 22.2 Å². The molecule has 0 bridgehead atoms. The lowest BCUT2D eigenvalue weighted by Crippen LogP contribution is -1.97. The van der Waals surface area contributed by atoms with Crippen molar-refractivity contribution in [2.75, 3.05) is 0 Å². The molecular formula is C13H14Cl2N2O. The maximum absolute atomic E-state index is 6.07. The fraction of sp³-hybridized carbons (Fsp3) is 0.308. The molecule has 1 heterocycles. The molecule has 18 heavy (non-hydrogen) atoms. The number of aromatic nitrogens is 2. The summed E-state index contributed by atoms with van der Waals surface area (Å²) < 4.78 is 7.48. The molecule has 0 fully saturated rings. The molecule has 0 spiro atoms. The maximum Gasteiger partial charge on any atom is 0.157 e. The van der Waals surface area contributed by atoms with E-state index in [1.807, 2.05) is 16.9 Å². The molecule has 0 saturated carbocycles. The van der Waals surface area contributed by atoms with Crippen molar-refractivity contribution >= 4 is 23.2 Å². The highest BCUT2D eigenvalue weighted by molar-refractivity contribution is 6.35. The van der Waals surface area contributed by atoms with E-state index in [1.54, 1.807) is 18.3 Å². The lowest BCUT2D eigenvalue weighted by Gasteiger charge is -2.07. The van der Waals surface area contributed by atoms with Gasteiger partial charge in [-0.25, -0.2) is 0 Å². The SMILES string of the molecule is CCCn1cc(OCc2c(Cl)cccc2Cl)cn1. The van der Waals surface area contributed by atoms with E-state index in [0.29, 0.717) is 16.7 Å². The molecule has 0 unspecified atom stereocenters. The standard InChI is InChI=1S/C13H14Cl2N2O/c1-2-6-17-8-10(7-16-17)18-9-11-12(14)4-3-5-13(11)15/h3-5,7-8H,2,6,9H2,1H3. The molecule has 2 aromatic rings. The first kappa shape index (κ1) is 13.2. The molecule has 0 aliphatic carbocycles. The third kappa shape index (κ3) is 3.18. The van der Waals surface area contributed by atoms with Gasteiger partial charge in [0.1, 0.15) is 6.61 Å². The van der Waals surface area contributed by atoms with Gasteiger partial charge < -0.3 is 4.74 Å². The second-order valence-electron chi connectivity index (χ2n) is 3.93. The molecule has 0 amide bonds. The van der Waals surface area contributed by atoms with Crippen molar-refractivity contribution in [2.45, 2.75) is 26.5 Å². The normalized spacial score (nSPS) is 10.6. The van der Waals surface area contributed by atoms with Crippen LogP contribution in [0.25, 0.3) is 0 Å². The average Bonchev–Trinajstić information content (AvgIpc) is 2.77. The zero-order chi connectivity index (χ0) is 13.0. The second-order valence-corrected chi connectivity index (χ2v) is 4.74. The smallest absolute Gasteiger partial charge is 0.157 e. The Bertz CT molecular complexity index is 505. The highest BCUT2D eigenvalue weighted by atomic mass is 35.5. The van der Waals surface area contributed by atoms with Gasteiger partial charge in [-0.05, 0) is 18.6 Å². The van der Waals surface area contributed by atoms with Crippen LogP contribution in [0.2, 0.25) is 10.0 Å². The van der Waals surface area contributed by atoms with Gasteiger partial charge in [0.25, 0.3) is 0 Å². The second kappa shape index (κ2) is 6.12. The number of nitrogens with zero attached hydrogens (tertiary/aromatic N) is 2. The summed E-state index contributed by atoms with van der Waals surface area (Å²) in [6, 6.07) is 5.41. The van der Waals surface area contributed by atoms with Crippen molar-refractivity contribution in [3.63, 3.8) is 0 Å². The van der Waals surface area contributed by atoms with E-state index in [-0.39, 0.29) is 0 Å². The molecule has 0 N–H and O–H groups in total. The van der Waals surface area contributed by atoms with E-state index < -0.39 is 0 Å². The van der Waals surface area contributed by atoms with E-state index in [4.69, 9.17) is 27.9 Å². The number of halogens is 2. The number of rotatable bonds is 5. The monoisotopic (exact) mass is 284 g/mol. The van der Waals surface area contributed by atoms with Crippen LogP contribution in [-0.2, 0) is 13.2 Å². The van der Waals surface area contributed by atoms with Crippen molar-refractivity contribution in [3.8, 4) is 5.75 Å². The van der Waals surface area contributed by atoms with Crippen molar-refractivity contribution in [3.05, 3.63) is 46.2 Å². The van der Waals surface area contributed by atoms with Crippen LogP contribution in [0.15, 0.2) is 30.6 Å². The van der Waals surface area contributed by atoms with Crippen LogP contribution >= 0.6 is 23.2 Å². The molecule has 5 heteroatoms. The molecule has 0 atom stereocenters. The van der Waals surface area contributed by atoms with E-state index in [0.717, 1.165) is 24.3 Å². The van der Waals surface area contributed by atoms with Gasteiger partial charge in [0.15, 0.2) is 5.75 Å². The van der Waals surface area contributed by atoms with E-state index >= 15 is 0 Å². The van der Waals surface area contributed by atoms with Crippen molar-refractivity contribution < 1.29 is 4.74 Å². The van der Waals surface area contributed by atoms with Gasteiger partial charge in [-0.2, -0.15) is 5.10 Å². The summed E-state index contributed by atoms with van der Waals surface area (Å²) in [5.74, 6) is 0.722. The quantitative estimate of drug-likeness (QED) is 0.824. The zero-order valence-corrected chi connectivity index (χ0v) is 11.6. The summed E-state index contributed by atoms with van der Waals surface area (Å²) in [7, 11) is 0. The fourth-order valence-corrected chi connectivity index (χ4v) is 2.10. The van der Waals surface area contributed by atoms with Gasteiger partial charge in [0.05, 0.1) is 12.4 Å². The third-order valence-corrected chi connectivity index (χ3v) is 3.22. The van der Waals surface area contributed by atoms with Gasteiger partial charge in [0.2, 0.25) is 0 Å². The van der Waals surface area contributed by atoms with E-state index in [9.17, 15) is 0 Å². The Balaban J connectivity index is 2.02. The van der Waals surface area contributed by atoms with Crippen molar-refractivity contribution in [1.29, 1.82) is 0 Å². The molecular weight excluding hydrogens is 271 g/mol. The summed E-state index contributed by atoms with van der Waals surface area (Å²) in [4.78, 5) is 0. The van der Waals surface area contributed by atoms with Crippen LogP contribution < -0.4 is 4.74 Å². The van der Waals surface area contributed by atoms with E-state index in [1.165, 1.54) is 0 Å². The van der Waals surface area contributed by atoms with Crippen LogP contribution in [0.4, 0.5) is 0 Å². The van der Waals surface area contributed by atoms with Crippen molar-refractivity contribution in [2.24, 2.45) is 0 Å². The van der Waals surface area contributed by atoms with Crippen LogP contribution in [0, 0.1) is 0 Å². The highest BCUT2D eigenvalue weighted by Gasteiger charge is 2.07. The Morgan fingerprint density at radius 2 is 2.00 bits per heavy atom. The predicted octanol–water partition coefficient (Wildman–Crippen LogP) is 4.18. The van der Waals surface area contributed by atoms with Crippen molar-refractivity contribution in [1.82, 2.24) is 9.78 Å².